The van der Waals surface area contributed by atoms with Crippen molar-refractivity contribution in [3.8, 4) is 5.88 Å². The Hall–Kier alpha value is -1.50. The van der Waals surface area contributed by atoms with E-state index in [2.05, 4.69) is 10.3 Å². The van der Waals surface area contributed by atoms with Crippen molar-refractivity contribution in [2.24, 2.45) is 0 Å². The fourth-order valence-corrected chi connectivity index (χ4v) is 2.59. The summed E-state index contributed by atoms with van der Waals surface area (Å²) in [5.41, 5.74) is 6.21. The summed E-state index contributed by atoms with van der Waals surface area (Å²) >= 11 is 0. The molecule has 0 aliphatic heterocycles. The number of nitrogens with zero attached hydrogens (tertiary/aromatic N) is 1. The van der Waals surface area contributed by atoms with Crippen molar-refractivity contribution >= 4 is 21.3 Å². The van der Waals surface area contributed by atoms with Gasteiger partial charge in [0.2, 0.25) is 5.88 Å². The van der Waals surface area contributed by atoms with Crippen molar-refractivity contribution in [3.05, 3.63) is 12.1 Å². The number of rotatable bonds is 6. The largest absolute Gasteiger partial charge is 0.473 e. The van der Waals surface area contributed by atoms with Gasteiger partial charge in [-0.05, 0) is 32.9 Å². The Balaban J connectivity index is 2.79. The highest BCUT2D eigenvalue weighted by atomic mass is 32.2. The zero-order valence-corrected chi connectivity index (χ0v) is 12.5. The molecule has 0 saturated carbocycles. The second kappa shape index (κ2) is 6.10. The molecular formula is C12H21N3O3S. The van der Waals surface area contributed by atoms with Crippen LogP contribution in [0.2, 0.25) is 0 Å². The number of aromatic nitrogens is 1. The van der Waals surface area contributed by atoms with Gasteiger partial charge in [0.15, 0.2) is 0 Å². The Bertz CT molecular complexity index is 529. The van der Waals surface area contributed by atoms with Gasteiger partial charge in [0, 0.05) is 12.3 Å². The van der Waals surface area contributed by atoms with Crippen LogP contribution in [-0.2, 0) is 9.84 Å². The van der Waals surface area contributed by atoms with Crippen molar-refractivity contribution in [2.75, 3.05) is 23.1 Å². The maximum atomic E-state index is 11.2. The van der Waals surface area contributed by atoms with Gasteiger partial charge in [-0.2, -0.15) is 4.98 Å². The van der Waals surface area contributed by atoms with Gasteiger partial charge in [-0.3, -0.25) is 0 Å². The first-order valence-corrected chi connectivity index (χ1v) is 8.11. The normalized spacial score (nSPS) is 13.3. The third-order valence-corrected chi connectivity index (χ3v) is 3.29. The number of pyridine rings is 1. The average molecular weight is 287 g/mol. The van der Waals surface area contributed by atoms with E-state index in [-0.39, 0.29) is 17.9 Å². The summed E-state index contributed by atoms with van der Waals surface area (Å²) in [6, 6.07) is 3.14. The summed E-state index contributed by atoms with van der Waals surface area (Å²) in [4.78, 5) is 4.23. The third kappa shape index (κ3) is 5.78. The Morgan fingerprint density at radius 3 is 2.53 bits per heavy atom. The maximum Gasteiger partial charge on any atom is 0.239 e. The van der Waals surface area contributed by atoms with Crippen molar-refractivity contribution < 1.29 is 13.2 Å². The van der Waals surface area contributed by atoms with E-state index in [1.165, 1.54) is 6.26 Å². The van der Waals surface area contributed by atoms with Crippen LogP contribution in [0.4, 0.5) is 11.5 Å². The Kier molecular flexibility index (Phi) is 4.99. The first-order valence-electron chi connectivity index (χ1n) is 6.05. The number of hydrogen-bond acceptors (Lipinski definition) is 6. The van der Waals surface area contributed by atoms with E-state index >= 15 is 0 Å². The molecule has 7 heteroatoms. The van der Waals surface area contributed by atoms with Crippen LogP contribution in [0.3, 0.4) is 0 Å². The van der Waals surface area contributed by atoms with Crippen molar-refractivity contribution in [3.63, 3.8) is 0 Å². The molecule has 0 fully saturated rings. The van der Waals surface area contributed by atoms with E-state index < -0.39 is 9.84 Å². The van der Waals surface area contributed by atoms with Crippen LogP contribution < -0.4 is 15.8 Å². The minimum absolute atomic E-state index is 0.0292. The first-order chi connectivity index (χ1) is 8.67. The van der Waals surface area contributed by atoms with E-state index in [1.807, 2.05) is 13.8 Å². The summed E-state index contributed by atoms with van der Waals surface area (Å²) in [6.45, 7) is 5.54. The van der Waals surface area contributed by atoms with Gasteiger partial charge in [-0.15, -0.1) is 0 Å². The minimum atomic E-state index is -3.03. The van der Waals surface area contributed by atoms with Gasteiger partial charge in [0.25, 0.3) is 0 Å². The van der Waals surface area contributed by atoms with Gasteiger partial charge in [0.1, 0.15) is 15.7 Å². The van der Waals surface area contributed by atoms with Crippen LogP contribution in [0.25, 0.3) is 0 Å². The molecule has 0 radical (unpaired) electrons. The summed E-state index contributed by atoms with van der Waals surface area (Å²) in [5, 5.41) is 3.01. The molecule has 1 aromatic heterocycles. The summed E-state index contributed by atoms with van der Waals surface area (Å²) in [5.74, 6) is 0.937. The summed E-state index contributed by atoms with van der Waals surface area (Å²) < 4.78 is 27.9. The van der Waals surface area contributed by atoms with E-state index in [4.69, 9.17) is 10.5 Å². The zero-order valence-electron chi connectivity index (χ0n) is 11.7. The van der Waals surface area contributed by atoms with Crippen molar-refractivity contribution in [2.45, 2.75) is 32.9 Å². The molecule has 0 aliphatic carbocycles. The number of nitrogens with two attached hydrogens (primary N) is 1. The molecule has 19 heavy (non-hydrogen) atoms. The van der Waals surface area contributed by atoms with Gasteiger partial charge < -0.3 is 15.8 Å². The zero-order chi connectivity index (χ0) is 14.6. The predicted octanol–water partition coefficient (Wildman–Crippen LogP) is 1.30. The molecule has 1 heterocycles. The molecule has 1 atom stereocenters. The molecule has 0 saturated heterocycles. The summed E-state index contributed by atoms with van der Waals surface area (Å²) in [6.07, 6.45) is 1.17. The fourth-order valence-electron chi connectivity index (χ4n) is 1.60. The van der Waals surface area contributed by atoms with E-state index in [1.54, 1.807) is 19.1 Å². The van der Waals surface area contributed by atoms with Crippen molar-refractivity contribution in [1.82, 2.24) is 4.98 Å². The molecule has 1 unspecified atom stereocenters. The molecule has 0 aromatic carbocycles. The first kappa shape index (κ1) is 15.6. The van der Waals surface area contributed by atoms with Crippen LogP contribution in [-0.4, -0.2) is 37.6 Å². The Morgan fingerprint density at radius 1 is 1.37 bits per heavy atom. The molecule has 3 N–H and O–H groups in total. The number of ether oxygens (including phenoxy) is 1. The van der Waals surface area contributed by atoms with Gasteiger partial charge in [-0.1, -0.05) is 0 Å². The Labute approximate surface area is 114 Å². The molecule has 1 rings (SSSR count). The van der Waals surface area contributed by atoms with Gasteiger partial charge in [-0.25, -0.2) is 8.42 Å². The lowest BCUT2D eigenvalue weighted by Crippen LogP contribution is -2.25. The van der Waals surface area contributed by atoms with Crippen molar-refractivity contribution in [1.29, 1.82) is 0 Å². The average Bonchev–Trinajstić information content (AvgIpc) is 2.19. The van der Waals surface area contributed by atoms with Crippen LogP contribution >= 0.6 is 0 Å². The van der Waals surface area contributed by atoms with Gasteiger partial charge in [0.05, 0.1) is 17.5 Å². The minimum Gasteiger partial charge on any atom is -0.473 e. The van der Waals surface area contributed by atoms with E-state index in [9.17, 15) is 8.42 Å². The SMILES string of the molecule is CC(CS(C)(=O)=O)Nc1ccc(N)c(OC(C)C)n1. The highest BCUT2D eigenvalue weighted by Crippen LogP contribution is 2.22. The number of sulfone groups is 1. The fraction of sp³-hybridized carbons (Fsp3) is 0.583. The molecular weight excluding hydrogens is 266 g/mol. The molecule has 0 aliphatic rings. The second-order valence-corrected chi connectivity index (χ2v) is 7.08. The Morgan fingerprint density at radius 2 is 2.00 bits per heavy atom. The van der Waals surface area contributed by atoms with Crippen LogP contribution in [0.5, 0.6) is 5.88 Å². The van der Waals surface area contributed by atoms with E-state index in [0.717, 1.165) is 0 Å². The van der Waals surface area contributed by atoms with Gasteiger partial charge >= 0.3 is 0 Å². The quantitative estimate of drug-likeness (QED) is 0.819. The third-order valence-electron chi connectivity index (χ3n) is 2.18. The van der Waals surface area contributed by atoms with E-state index in [0.29, 0.717) is 17.4 Å². The second-order valence-electron chi connectivity index (χ2n) is 4.90. The predicted molar refractivity (Wildman–Crippen MR) is 77.2 cm³/mol. The number of anilines is 2. The lowest BCUT2D eigenvalue weighted by Gasteiger charge is -2.16. The smallest absolute Gasteiger partial charge is 0.239 e. The monoisotopic (exact) mass is 287 g/mol. The maximum absolute atomic E-state index is 11.2. The molecule has 6 nitrogen and oxygen atoms in total. The van der Waals surface area contributed by atoms with Crippen LogP contribution in [0.1, 0.15) is 20.8 Å². The molecule has 0 amide bonds. The number of nitrogen functional groups attached to an aromatic ring is 1. The lowest BCUT2D eigenvalue weighted by atomic mass is 10.3. The number of nitrogens with one attached hydrogen (secondary N) is 1. The molecule has 108 valence electrons. The standard InChI is InChI=1S/C12H21N3O3S/c1-8(2)18-12-10(13)5-6-11(15-12)14-9(3)7-19(4,16)17/h5-6,8-9H,7,13H2,1-4H3,(H,14,15). The van der Waals surface area contributed by atoms with Crippen LogP contribution in [0, 0.1) is 0 Å². The lowest BCUT2D eigenvalue weighted by molar-refractivity contribution is 0.234. The molecule has 1 aromatic rings. The molecule has 0 bridgehead atoms. The number of hydrogen-bond donors (Lipinski definition) is 2. The topological polar surface area (TPSA) is 94.3 Å². The highest BCUT2D eigenvalue weighted by Gasteiger charge is 2.12. The van der Waals surface area contributed by atoms with Crippen LogP contribution in [0.15, 0.2) is 12.1 Å². The summed E-state index contributed by atoms with van der Waals surface area (Å²) in [7, 11) is -3.03. The molecule has 0 spiro atoms. The highest BCUT2D eigenvalue weighted by molar-refractivity contribution is 7.90.